The SMILES string of the molecule is COc1ccc([N+](=O)[O-])cc1NC(=O)c1ccccc1N(C)S(=O)(=O)c1ccc(C)cc1. The molecule has 9 nitrogen and oxygen atoms in total. The van der Waals surface area contributed by atoms with E-state index in [0.717, 1.165) is 9.87 Å². The molecule has 32 heavy (non-hydrogen) atoms. The fraction of sp³-hybridized carbons (Fsp3) is 0.136. The van der Waals surface area contributed by atoms with Crippen LogP contribution in [0.5, 0.6) is 5.75 Å². The fourth-order valence-electron chi connectivity index (χ4n) is 3.03. The van der Waals surface area contributed by atoms with Crippen molar-refractivity contribution < 1.29 is 22.9 Å². The second-order valence-electron chi connectivity index (χ2n) is 6.90. The van der Waals surface area contributed by atoms with Crippen molar-refractivity contribution in [1.82, 2.24) is 0 Å². The van der Waals surface area contributed by atoms with Gasteiger partial charge in [0.2, 0.25) is 0 Å². The number of hydrogen-bond acceptors (Lipinski definition) is 6. The summed E-state index contributed by atoms with van der Waals surface area (Å²) in [6.45, 7) is 1.85. The lowest BCUT2D eigenvalue weighted by molar-refractivity contribution is -0.384. The first-order chi connectivity index (χ1) is 15.1. The van der Waals surface area contributed by atoms with Gasteiger partial charge < -0.3 is 10.1 Å². The largest absolute Gasteiger partial charge is 0.495 e. The number of anilines is 2. The Hall–Kier alpha value is -3.92. The van der Waals surface area contributed by atoms with Gasteiger partial charge in [-0.2, -0.15) is 0 Å². The van der Waals surface area contributed by atoms with Crippen molar-refractivity contribution >= 4 is 33.0 Å². The second-order valence-corrected chi connectivity index (χ2v) is 8.87. The van der Waals surface area contributed by atoms with Gasteiger partial charge in [0, 0.05) is 19.2 Å². The van der Waals surface area contributed by atoms with Gasteiger partial charge in [-0.15, -0.1) is 0 Å². The van der Waals surface area contributed by atoms with E-state index in [4.69, 9.17) is 4.74 Å². The first-order valence-corrected chi connectivity index (χ1v) is 10.9. The number of sulfonamides is 1. The van der Waals surface area contributed by atoms with Crippen molar-refractivity contribution in [3.63, 3.8) is 0 Å². The van der Waals surface area contributed by atoms with Crippen molar-refractivity contribution in [2.45, 2.75) is 11.8 Å². The van der Waals surface area contributed by atoms with Gasteiger partial charge in [-0.25, -0.2) is 8.42 Å². The molecule has 0 fully saturated rings. The average molecular weight is 455 g/mol. The Morgan fingerprint density at radius 1 is 1.06 bits per heavy atom. The molecule has 0 radical (unpaired) electrons. The third kappa shape index (κ3) is 4.54. The number of nitro groups is 1. The lowest BCUT2D eigenvalue weighted by atomic mass is 10.1. The molecule has 0 bridgehead atoms. The number of amides is 1. The number of benzene rings is 3. The Morgan fingerprint density at radius 3 is 2.34 bits per heavy atom. The summed E-state index contributed by atoms with van der Waals surface area (Å²) in [7, 11) is -1.20. The highest BCUT2D eigenvalue weighted by Gasteiger charge is 2.25. The quantitative estimate of drug-likeness (QED) is 0.425. The molecular formula is C22H21N3O6S. The summed E-state index contributed by atoms with van der Waals surface area (Å²) in [4.78, 5) is 23.6. The lowest BCUT2D eigenvalue weighted by Gasteiger charge is -2.22. The van der Waals surface area contributed by atoms with E-state index in [1.165, 1.54) is 56.6 Å². The highest BCUT2D eigenvalue weighted by Crippen LogP contribution is 2.31. The molecule has 1 amide bonds. The Labute approximate surface area is 185 Å². The minimum atomic E-state index is -3.93. The van der Waals surface area contributed by atoms with Crippen LogP contribution in [0.4, 0.5) is 17.1 Å². The molecule has 0 heterocycles. The summed E-state index contributed by atoms with van der Waals surface area (Å²) in [5, 5.41) is 13.7. The second kappa shape index (κ2) is 9.06. The zero-order valence-electron chi connectivity index (χ0n) is 17.6. The summed E-state index contributed by atoms with van der Waals surface area (Å²) in [6, 6.07) is 16.3. The molecule has 0 aliphatic carbocycles. The van der Waals surface area contributed by atoms with Crippen molar-refractivity contribution in [3.05, 3.63) is 88.0 Å². The molecule has 0 aliphatic heterocycles. The van der Waals surface area contributed by atoms with Crippen molar-refractivity contribution in [3.8, 4) is 5.75 Å². The minimum absolute atomic E-state index is 0.0687. The van der Waals surface area contributed by atoms with Crippen molar-refractivity contribution in [1.29, 1.82) is 0 Å². The van der Waals surface area contributed by atoms with Gasteiger partial charge in [0.1, 0.15) is 5.75 Å². The van der Waals surface area contributed by atoms with Crippen molar-refractivity contribution in [2.24, 2.45) is 0 Å². The Morgan fingerprint density at radius 2 is 1.72 bits per heavy atom. The maximum Gasteiger partial charge on any atom is 0.271 e. The van der Waals surface area contributed by atoms with E-state index in [0.29, 0.717) is 0 Å². The summed E-state index contributed by atoms with van der Waals surface area (Å²) >= 11 is 0. The number of carbonyl (C=O) groups excluding carboxylic acids is 1. The van der Waals surface area contributed by atoms with E-state index in [1.807, 2.05) is 6.92 Å². The maximum absolute atomic E-state index is 13.1. The molecule has 166 valence electrons. The number of rotatable bonds is 7. The average Bonchev–Trinajstić information content (AvgIpc) is 2.78. The van der Waals surface area contributed by atoms with Crippen LogP contribution in [0.25, 0.3) is 0 Å². The fourth-order valence-corrected chi connectivity index (χ4v) is 4.25. The lowest BCUT2D eigenvalue weighted by Crippen LogP contribution is -2.29. The topological polar surface area (TPSA) is 119 Å². The molecule has 1 N–H and O–H groups in total. The van der Waals surface area contributed by atoms with Gasteiger partial charge in [-0.05, 0) is 37.3 Å². The summed E-state index contributed by atoms with van der Waals surface area (Å²) in [5.74, 6) is -0.424. The number of methoxy groups -OCH3 is 1. The summed E-state index contributed by atoms with van der Waals surface area (Å²) in [5.41, 5.74) is 0.991. The van der Waals surface area contributed by atoms with E-state index in [1.54, 1.807) is 24.3 Å². The third-order valence-electron chi connectivity index (χ3n) is 4.81. The third-order valence-corrected chi connectivity index (χ3v) is 6.60. The van der Waals surface area contributed by atoms with Crippen LogP contribution < -0.4 is 14.4 Å². The number of nitrogens with one attached hydrogen (secondary N) is 1. The van der Waals surface area contributed by atoms with Gasteiger partial charge in [0.05, 0.1) is 33.9 Å². The van der Waals surface area contributed by atoms with Crippen LogP contribution in [0.2, 0.25) is 0 Å². The van der Waals surface area contributed by atoms with E-state index >= 15 is 0 Å². The van der Waals surface area contributed by atoms with Gasteiger partial charge in [-0.1, -0.05) is 29.8 Å². The molecule has 0 unspecified atom stereocenters. The number of ether oxygens (including phenoxy) is 1. The number of para-hydroxylation sites is 1. The van der Waals surface area contributed by atoms with Crippen LogP contribution in [-0.4, -0.2) is 33.4 Å². The zero-order chi connectivity index (χ0) is 23.5. The Kier molecular flexibility index (Phi) is 6.45. The predicted octanol–water partition coefficient (Wildman–Crippen LogP) is 3.99. The molecule has 10 heteroatoms. The number of hydrogen-bond donors (Lipinski definition) is 1. The van der Waals surface area contributed by atoms with E-state index < -0.39 is 20.9 Å². The molecule has 0 saturated heterocycles. The molecule has 3 aromatic carbocycles. The first-order valence-electron chi connectivity index (χ1n) is 9.43. The molecule has 0 aliphatic rings. The first kappa shape index (κ1) is 22.8. The molecule has 3 aromatic rings. The number of nitrogens with zero attached hydrogens (tertiary/aromatic N) is 2. The smallest absolute Gasteiger partial charge is 0.271 e. The summed E-state index contributed by atoms with van der Waals surface area (Å²) < 4.78 is 32.4. The van der Waals surface area contributed by atoms with Crippen LogP contribution in [0.1, 0.15) is 15.9 Å². The molecule has 0 atom stereocenters. The van der Waals surface area contributed by atoms with Gasteiger partial charge in [0.25, 0.3) is 21.6 Å². The van der Waals surface area contributed by atoms with E-state index in [2.05, 4.69) is 5.32 Å². The van der Waals surface area contributed by atoms with Gasteiger partial charge in [-0.3, -0.25) is 19.2 Å². The van der Waals surface area contributed by atoms with Crippen LogP contribution in [0.3, 0.4) is 0 Å². The van der Waals surface area contributed by atoms with Crippen LogP contribution in [0.15, 0.2) is 71.6 Å². The minimum Gasteiger partial charge on any atom is -0.495 e. The zero-order valence-corrected chi connectivity index (χ0v) is 18.4. The molecule has 3 rings (SSSR count). The Bertz CT molecular complexity index is 1270. The highest BCUT2D eigenvalue weighted by molar-refractivity contribution is 7.92. The predicted molar refractivity (Wildman–Crippen MR) is 121 cm³/mol. The molecule has 0 spiro atoms. The van der Waals surface area contributed by atoms with E-state index in [-0.39, 0.29) is 33.3 Å². The van der Waals surface area contributed by atoms with Gasteiger partial charge in [0.15, 0.2) is 0 Å². The normalized spacial score (nSPS) is 11.0. The highest BCUT2D eigenvalue weighted by atomic mass is 32.2. The standard InChI is InChI=1S/C22H21N3O6S/c1-15-8-11-17(12-9-15)32(29,30)24(2)20-7-5-4-6-18(20)22(26)23-19-14-16(25(27)28)10-13-21(19)31-3/h4-14H,1-3H3,(H,23,26). The monoisotopic (exact) mass is 455 g/mol. The molecular weight excluding hydrogens is 434 g/mol. The number of carbonyl (C=O) groups is 1. The van der Waals surface area contributed by atoms with Crippen molar-refractivity contribution in [2.75, 3.05) is 23.8 Å². The van der Waals surface area contributed by atoms with Crippen LogP contribution in [-0.2, 0) is 10.0 Å². The number of aryl methyl sites for hydroxylation is 1. The van der Waals surface area contributed by atoms with Gasteiger partial charge >= 0.3 is 0 Å². The van der Waals surface area contributed by atoms with E-state index in [9.17, 15) is 23.3 Å². The maximum atomic E-state index is 13.1. The van der Waals surface area contributed by atoms with Crippen LogP contribution in [0, 0.1) is 17.0 Å². The number of non-ortho nitro benzene ring substituents is 1. The number of nitro benzene ring substituents is 1. The van der Waals surface area contributed by atoms with Crippen LogP contribution >= 0.6 is 0 Å². The Balaban J connectivity index is 1.98. The molecule has 0 aromatic heterocycles. The summed E-state index contributed by atoms with van der Waals surface area (Å²) in [6.07, 6.45) is 0. The molecule has 0 saturated carbocycles.